The summed E-state index contributed by atoms with van der Waals surface area (Å²) < 4.78 is 5.93. The van der Waals surface area contributed by atoms with E-state index in [1.165, 1.54) is 141 Å². The highest BCUT2D eigenvalue weighted by Crippen LogP contribution is 2.17. The van der Waals surface area contributed by atoms with Crippen molar-refractivity contribution in [3.05, 3.63) is 60.8 Å². The molecule has 0 aromatic carbocycles. The number of hydrogen-bond acceptors (Lipinski definition) is 5. The first-order valence-corrected chi connectivity index (χ1v) is 27.1. The number of amides is 1. The molecule has 0 fully saturated rings. The molecule has 366 valence electrons. The van der Waals surface area contributed by atoms with Crippen molar-refractivity contribution in [3.8, 4) is 0 Å². The molecule has 0 aliphatic rings. The molecule has 6 heteroatoms. The van der Waals surface area contributed by atoms with E-state index < -0.39 is 18.2 Å². The predicted molar refractivity (Wildman–Crippen MR) is 273 cm³/mol. The fourth-order valence-corrected chi connectivity index (χ4v) is 8.03. The number of aliphatic hydroxyl groups is 2. The first-order valence-electron chi connectivity index (χ1n) is 27.1. The van der Waals surface area contributed by atoms with Crippen LogP contribution in [0.15, 0.2) is 60.8 Å². The second-order valence-corrected chi connectivity index (χ2v) is 18.4. The monoisotopic (exact) mass is 882 g/mol. The number of ether oxygens (including phenoxy) is 1. The van der Waals surface area contributed by atoms with Gasteiger partial charge in [-0.25, -0.2) is 0 Å². The SMILES string of the molecule is CCCCC/C=C/C=C/C=C/C=C/CCCCCC(CC(=O)NC(CO)C(O)CCCCCCCCCCCCCC)OC(=O)CCCCCCC/C=C/CCCCCCCCC. The number of hydrogen-bond donors (Lipinski definition) is 3. The number of nitrogens with one attached hydrogen (secondary N) is 1. The second-order valence-electron chi connectivity index (χ2n) is 18.4. The van der Waals surface area contributed by atoms with E-state index in [0.29, 0.717) is 19.3 Å². The smallest absolute Gasteiger partial charge is 0.306 e. The van der Waals surface area contributed by atoms with Crippen molar-refractivity contribution in [1.82, 2.24) is 5.32 Å². The lowest BCUT2D eigenvalue weighted by molar-refractivity contribution is -0.151. The number of unbranched alkanes of at least 4 members (excludes halogenated alkanes) is 29. The minimum Gasteiger partial charge on any atom is -0.462 e. The molecule has 0 spiro atoms. The molecule has 0 aromatic rings. The Morgan fingerprint density at radius 1 is 0.460 bits per heavy atom. The minimum atomic E-state index is -0.801. The molecule has 3 atom stereocenters. The molecule has 0 heterocycles. The molecule has 3 unspecified atom stereocenters. The fourth-order valence-electron chi connectivity index (χ4n) is 8.03. The summed E-state index contributed by atoms with van der Waals surface area (Å²) in [6.45, 7) is 6.44. The van der Waals surface area contributed by atoms with Gasteiger partial charge in [0.05, 0.1) is 25.2 Å². The number of carbonyl (C=O) groups is 2. The molecule has 0 radical (unpaired) electrons. The molecule has 6 nitrogen and oxygen atoms in total. The summed E-state index contributed by atoms with van der Waals surface area (Å²) in [4.78, 5) is 26.2. The topological polar surface area (TPSA) is 95.9 Å². The third-order valence-corrected chi connectivity index (χ3v) is 12.2. The third kappa shape index (κ3) is 45.9. The van der Waals surface area contributed by atoms with Crippen LogP contribution < -0.4 is 5.32 Å². The van der Waals surface area contributed by atoms with Gasteiger partial charge in [0.1, 0.15) is 6.10 Å². The highest BCUT2D eigenvalue weighted by molar-refractivity contribution is 5.77. The highest BCUT2D eigenvalue weighted by Gasteiger charge is 2.24. The molecule has 0 rings (SSSR count). The summed E-state index contributed by atoms with van der Waals surface area (Å²) in [5.74, 6) is -0.518. The average Bonchev–Trinajstić information content (AvgIpc) is 3.28. The van der Waals surface area contributed by atoms with E-state index in [1.807, 2.05) is 6.08 Å². The lowest BCUT2D eigenvalue weighted by Crippen LogP contribution is -2.46. The van der Waals surface area contributed by atoms with Crippen molar-refractivity contribution < 1.29 is 24.5 Å². The molecule has 0 saturated carbocycles. The number of esters is 1. The molecule has 1 amide bonds. The Hall–Kier alpha value is -2.44. The number of carbonyl (C=O) groups excluding carboxylic acids is 2. The Labute approximate surface area is 390 Å². The Bertz CT molecular complexity index is 1130. The summed E-state index contributed by atoms with van der Waals surface area (Å²) in [6, 6.07) is -0.717. The van der Waals surface area contributed by atoms with Crippen LogP contribution in [0.3, 0.4) is 0 Å². The lowest BCUT2D eigenvalue weighted by Gasteiger charge is -2.24. The summed E-state index contributed by atoms with van der Waals surface area (Å²) >= 11 is 0. The van der Waals surface area contributed by atoms with Gasteiger partial charge in [-0.1, -0.05) is 236 Å². The van der Waals surface area contributed by atoms with E-state index in [4.69, 9.17) is 4.74 Å². The van der Waals surface area contributed by atoms with Crippen LogP contribution in [0.1, 0.15) is 265 Å². The summed E-state index contributed by atoms with van der Waals surface area (Å²) in [5.41, 5.74) is 0. The molecular weight excluding hydrogens is 779 g/mol. The summed E-state index contributed by atoms with van der Waals surface area (Å²) in [6.07, 6.45) is 62.7. The van der Waals surface area contributed by atoms with E-state index in [0.717, 1.165) is 77.0 Å². The van der Waals surface area contributed by atoms with Gasteiger partial charge in [-0.15, -0.1) is 0 Å². The predicted octanol–water partition coefficient (Wildman–Crippen LogP) is 16.4. The van der Waals surface area contributed by atoms with Crippen molar-refractivity contribution in [2.75, 3.05) is 6.61 Å². The molecule has 0 aromatic heterocycles. The molecule has 0 aliphatic carbocycles. The Morgan fingerprint density at radius 3 is 1.32 bits per heavy atom. The average molecular weight is 882 g/mol. The maximum Gasteiger partial charge on any atom is 0.306 e. The molecule has 0 saturated heterocycles. The van der Waals surface area contributed by atoms with Crippen LogP contribution in [0.25, 0.3) is 0 Å². The van der Waals surface area contributed by atoms with Crippen LogP contribution in [-0.4, -0.2) is 46.9 Å². The van der Waals surface area contributed by atoms with Gasteiger partial charge in [-0.05, 0) is 77.0 Å². The molecule has 0 bridgehead atoms. The van der Waals surface area contributed by atoms with E-state index in [-0.39, 0.29) is 24.9 Å². The van der Waals surface area contributed by atoms with Gasteiger partial charge in [0.15, 0.2) is 0 Å². The zero-order chi connectivity index (χ0) is 45.9. The second kappa shape index (κ2) is 50.6. The number of rotatable bonds is 48. The Morgan fingerprint density at radius 2 is 0.825 bits per heavy atom. The van der Waals surface area contributed by atoms with Crippen LogP contribution in [0.2, 0.25) is 0 Å². The fraction of sp³-hybridized carbons (Fsp3) is 0.789. The van der Waals surface area contributed by atoms with Crippen LogP contribution in [0.5, 0.6) is 0 Å². The lowest BCUT2D eigenvalue weighted by atomic mass is 10.0. The normalized spacial score (nSPS) is 13.7. The standard InChI is InChI=1S/C57H103NO5/c1-4-7-10-13-16-19-22-25-27-29-31-33-36-39-42-45-48-53(63-57(62)50-47-44-41-38-35-32-30-28-26-23-20-17-14-11-8-5-2)51-56(61)58-54(52-59)55(60)49-46-43-40-37-34-24-21-18-15-12-9-6-3/h16,19,22,25,27-31,33,53-55,59-60H,4-15,17-18,20-21,23-24,26,32,34-52H2,1-3H3,(H,58,61)/b19-16+,25-22+,29-27+,30-28+,33-31+. The van der Waals surface area contributed by atoms with E-state index >= 15 is 0 Å². The van der Waals surface area contributed by atoms with Crippen molar-refractivity contribution >= 4 is 11.9 Å². The highest BCUT2D eigenvalue weighted by atomic mass is 16.5. The first-order chi connectivity index (χ1) is 31.0. The van der Waals surface area contributed by atoms with Gasteiger partial charge in [-0.3, -0.25) is 9.59 Å². The Kier molecular flexibility index (Phi) is 48.6. The van der Waals surface area contributed by atoms with Crippen molar-refractivity contribution in [2.45, 2.75) is 283 Å². The Balaban J connectivity index is 4.68. The summed E-state index contributed by atoms with van der Waals surface area (Å²) in [5, 5.41) is 23.8. The molecule has 3 N–H and O–H groups in total. The van der Waals surface area contributed by atoms with Crippen LogP contribution in [-0.2, 0) is 14.3 Å². The van der Waals surface area contributed by atoms with Gasteiger partial charge in [0.25, 0.3) is 0 Å². The zero-order valence-electron chi connectivity index (χ0n) is 41.7. The van der Waals surface area contributed by atoms with Crippen LogP contribution in [0.4, 0.5) is 0 Å². The van der Waals surface area contributed by atoms with Crippen molar-refractivity contribution in [1.29, 1.82) is 0 Å². The molecule has 63 heavy (non-hydrogen) atoms. The van der Waals surface area contributed by atoms with E-state index in [9.17, 15) is 19.8 Å². The van der Waals surface area contributed by atoms with Gasteiger partial charge in [-0.2, -0.15) is 0 Å². The first kappa shape index (κ1) is 60.6. The van der Waals surface area contributed by atoms with Crippen molar-refractivity contribution in [3.63, 3.8) is 0 Å². The number of aliphatic hydroxyl groups excluding tert-OH is 2. The largest absolute Gasteiger partial charge is 0.462 e. The van der Waals surface area contributed by atoms with Gasteiger partial charge >= 0.3 is 5.97 Å². The zero-order valence-corrected chi connectivity index (χ0v) is 41.7. The third-order valence-electron chi connectivity index (χ3n) is 12.2. The van der Waals surface area contributed by atoms with Gasteiger partial charge in [0.2, 0.25) is 5.91 Å². The minimum absolute atomic E-state index is 0.0478. The van der Waals surface area contributed by atoms with Crippen molar-refractivity contribution in [2.24, 2.45) is 0 Å². The van der Waals surface area contributed by atoms with E-state index in [1.54, 1.807) is 0 Å². The quantitative estimate of drug-likeness (QED) is 0.0245. The van der Waals surface area contributed by atoms with Crippen LogP contribution in [0, 0.1) is 0 Å². The van der Waals surface area contributed by atoms with Crippen LogP contribution >= 0.6 is 0 Å². The molecular formula is C57H103NO5. The summed E-state index contributed by atoms with van der Waals surface area (Å²) in [7, 11) is 0. The van der Waals surface area contributed by atoms with Gasteiger partial charge < -0.3 is 20.3 Å². The molecule has 0 aliphatic heterocycles. The van der Waals surface area contributed by atoms with E-state index in [2.05, 4.69) is 80.8 Å². The maximum atomic E-state index is 13.2. The number of allylic oxidation sites excluding steroid dienone is 10. The maximum absolute atomic E-state index is 13.2. The van der Waals surface area contributed by atoms with Gasteiger partial charge in [0, 0.05) is 6.42 Å².